The molecule has 0 aromatic carbocycles. The van der Waals surface area contributed by atoms with Crippen molar-refractivity contribution in [2.24, 2.45) is 0 Å². The van der Waals surface area contributed by atoms with Crippen molar-refractivity contribution in [2.75, 3.05) is 11.1 Å². The Kier molecular flexibility index (Phi) is 3.88. The lowest BCUT2D eigenvalue weighted by Gasteiger charge is -2.14. The third-order valence-corrected chi connectivity index (χ3v) is 5.57. The van der Waals surface area contributed by atoms with E-state index >= 15 is 0 Å². The SMILES string of the molecule is Cc1ccnc(NC(=O)CC2CSc3nc4c(c(=O)n32)CCC4)c1. The maximum atomic E-state index is 12.7. The average Bonchev–Trinajstić information content (AvgIpc) is 3.15. The van der Waals surface area contributed by atoms with Crippen LogP contribution in [0.5, 0.6) is 0 Å². The van der Waals surface area contributed by atoms with E-state index in [4.69, 9.17) is 0 Å². The first-order chi connectivity index (χ1) is 11.6. The van der Waals surface area contributed by atoms with Crippen LogP contribution in [0.2, 0.25) is 0 Å². The lowest BCUT2D eigenvalue weighted by atomic mass is 10.2. The number of nitrogens with zero attached hydrogens (tertiary/aromatic N) is 3. The number of hydrogen-bond donors (Lipinski definition) is 1. The Morgan fingerprint density at radius 2 is 2.33 bits per heavy atom. The molecule has 0 radical (unpaired) electrons. The number of aromatic nitrogens is 3. The zero-order valence-electron chi connectivity index (χ0n) is 13.4. The van der Waals surface area contributed by atoms with Crippen LogP contribution in [0.1, 0.15) is 35.7 Å². The molecule has 0 bridgehead atoms. The molecule has 2 aliphatic rings. The van der Waals surface area contributed by atoms with Gasteiger partial charge in [0.25, 0.3) is 5.56 Å². The number of aryl methyl sites for hydroxylation is 2. The van der Waals surface area contributed by atoms with Crippen LogP contribution in [0.3, 0.4) is 0 Å². The van der Waals surface area contributed by atoms with E-state index in [1.165, 1.54) is 0 Å². The molecule has 0 saturated heterocycles. The second-order valence-corrected chi connectivity index (χ2v) is 7.27. The van der Waals surface area contributed by atoms with Crippen LogP contribution in [-0.2, 0) is 17.6 Å². The van der Waals surface area contributed by atoms with E-state index in [0.29, 0.717) is 11.6 Å². The third kappa shape index (κ3) is 2.73. The van der Waals surface area contributed by atoms with Gasteiger partial charge >= 0.3 is 0 Å². The molecule has 4 rings (SSSR count). The number of nitrogens with one attached hydrogen (secondary N) is 1. The minimum Gasteiger partial charge on any atom is -0.311 e. The van der Waals surface area contributed by atoms with E-state index in [1.807, 2.05) is 19.1 Å². The van der Waals surface area contributed by atoms with E-state index < -0.39 is 0 Å². The van der Waals surface area contributed by atoms with Gasteiger partial charge < -0.3 is 5.32 Å². The second kappa shape index (κ2) is 6.05. The standard InChI is InChI=1S/C17H18N4O2S/c1-10-5-6-18-14(7-10)20-15(22)8-11-9-24-17-19-13-4-2-3-12(13)16(23)21(11)17/h5-7,11H,2-4,8-9H2,1H3,(H,18,20,22). The number of carbonyl (C=O) groups excluding carboxylic acids is 1. The van der Waals surface area contributed by atoms with Crippen molar-refractivity contribution in [1.29, 1.82) is 0 Å². The largest absolute Gasteiger partial charge is 0.311 e. The van der Waals surface area contributed by atoms with Gasteiger partial charge in [0.2, 0.25) is 5.91 Å². The van der Waals surface area contributed by atoms with Gasteiger partial charge in [-0.05, 0) is 43.9 Å². The molecule has 0 saturated carbocycles. The van der Waals surface area contributed by atoms with Crippen LogP contribution in [0, 0.1) is 6.92 Å². The van der Waals surface area contributed by atoms with Crippen molar-refractivity contribution in [3.8, 4) is 0 Å². The fourth-order valence-electron chi connectivity index (χ4n) is 3.31. The van der Waals surface area contributed by atoms with Crippen LogP contribution < -0.4 is 10.9 Å². The van der Waals surface area contributed by atoms with Crippen LogP contribution >= 0.6 is 11.8 Å². The average molecular weight is 342 g/mol. The maximum Gasteiger partial charge on any atom is 0.257 e. The fourth-order valence-corrected chi connectivity index (χ4v) is 4.47. The van der Waals surface area contributed by atoms with E-state index in [0.717, 1.165) is 41.2 Å². The summed E-state index contributed by atoms with van der Waals surface area (Å²) in [6.07, 6.45) is 4.62. The Morgan fingerprint density at radius 1 is 1.46 bits per heavy atom. The Bertz CT molecular complexity index is 877. The summed E-state index contributed by atoms with van der Waals surface area (Å²) in [6, 6.07) is 3.57. The summed E-state index contributed by atoms with van der Waals surface area (Å²) in [6.45, 7) is 1.95. The van der Waals surface area contributed by atoms with Gasteiger partial charge in [0, 0.05) is 23.9 Å². The molecule has 6 nitrogen and oxygen atoms in total. The Labute approximate surface area is 143 Å². The highest BCUT2D eigenvalue weighted by Gasteiger charge is 2.31. The van der Waals surface area contributed by atoms with Crippen molar-refractivity contribution in [3.63, 3.8) is 0 Å². The highest BCUT2D eigenvalue weighted by atomic mass is 32.2. The molecular weight excluding hydrogens is 324 g/mol. The molecule has 3 heterocycles. The summed E-state index contributed by atoms with van der Waals surface area (Å²) in [5, 5.41) is 3.57. The van der Waals surface area contributed by atoms with Gasteiger partial charge in [-0.25, -0.2) is 9.97 Å². The zero-order valence-corrected chi connectivity index (χ0v) is 14.2. The van der Waals surface area contributed by atoms with Gasteiger partial charge in [-0.15, -0.1) is 0 Å². The van der Waals surface area contributed by atoms with E-state index in [-0.39, 0.29) is 23.9 Å². The summed E-state index contributed by atoms with van der Waals surface area (Å²) in [5.74, 6) is 1.13. The second-order valence-electron chi connectivity index (χ2n) is 6.28. The maximum absolute atomic E-state index is 12.7. The van der Waals surface area contributed by atoms with Crippen molar-refractivity contribution in [3.05, 3.63) is 45.5 Å². The number of fused-ring (bicyclic) bond motifs is 2. The summed E-state index contributed by atoms with van der Waals surface area (Å²) in [4.78, 5) is 33.8. The number of amides is 1. The lowest BCUT2D eigenvalue weighted by Crippen LogP contribution is -2.30. The summed E-state index contributed by atoms with van der Waals surface area (Å²) < 4.78 is 1.72. The first-order valence-electron chi connectivity index (χ1n) is 8.11. The van der Waals surface area contributed by atoms with Gasteiger partial charge in [-0.2, -0.15) is 0 Å². The first-order valence-corrected chi connectivity index (χ1v) is 9.10. The molecule has 2 aromatic rings. The van der Waals surface area contributed by atoms with Crippen LogP contribution in [0.4, 0.5) is 5.82 Å². The molecule has 1 amide bonds. The zero-order chi connectivity index (χ0) is 16.7. The van der Waals surface area contributed by atoms with Gasteiger partial charge in [0.05, 0.1) is 11.7 Å². The van der Waals surface area contributed by atoms with Crippen molar-refractivity contribution >= 4 is 23.5 Å². The number of anilines is 1. The fraction of sp³-hybridized carbons (Fsp3) is 0.412. The highest BCUT2D eigenvalue weighted by molar-refractivity contribution is 7.99. The quantitative estimate of drug-likeness (QED) is 0.865. The molecule has 2 aromatic heterocycles. The van der Waals surface area contributed by atoms with Crippen molar-refractivity contribution in [2.45, 2.75) is 43.8 Å². The van der Waals surface area contributed by atoms with Gasteiger partial charge in [-0.3, -0.25) is 14.2 Å². The van der Waals surface area contributed by atoms with E-state index in [1.54, 1.807) is 22.5 Å². The van der Waals surface area contributed by atoms with Crippen LogP contribution in [0.15, 0.2) is 28.3 Å². The monoisotopic (exact) mass is 342 g/mol. The topological polar surface area (TPSA) is 76.9 Å². The molecule has 1 aliphatic carbocycles. The molecule has 1 atom stereocenters. The molecule has 1 unspecified atom stereocenters. The number of carbonyl (C=O) groups is 1. The summed E-state index contributed by atoms with van der Waals surface area (Å²) in [5.41, 5.74) is 2.88. The van der Waals surface area contributed by atoms with E-state index in [2.05, 4.69) is 15.3 Å². The van der Waals surface area contributed by atoms with Gasteiger partial charge in [0.1, 0.15) is 5.82 Å². The van der Waals surface area contributed by atoms with E-state index in [9.17, 15) is 9.59 Å². The smallest absolute Gasteiger partial charge is 0.257 e. The normalized spacial score (nSPS) is 18.3. The predicted octanol–water partition coefficient (Wildman–Crippen LogP) is 2.11. The molecule has 0 spiro atoms. The van der Waals surface area contributed by atoms with Crippen LogP contribution in [0.25, 0.3) is 0 Å². The van der Waals surface area contributed by atoms with Crippen LogP contribution in [-0.4, -0.2) is 26.2 Å². The number of thioether (sulfide) groups is 1. The molecule has 7 heteroatoms. The Balaban J connectivity index is 1.54. The highest BCUT2D eigenvalue weighted by Crippen LogP contribution is 2.34. The van der Waals surface area contributed by atoms with Crippen molar-refractivity contribution < 1.29 is 4.79 Å². The Morgan fingerprint density at radius 3 is 3.17 bits per heavy atom. The van der Waals surface area contributed by atoms with Crippen molar-refractivity contribution in [1.82, 2.24) is 14.5 Å². The minimum absolute atomic E-state index is 0.0454. The third-order valence-electron chi connectivity index (χ3n) is 4.48. The molecule has 1 aliphatic heterocycles. The van der Waals surface area contributed by atoms with Gasteiger partial charge in [0.15, 0.2) is 5.16 Å². The predicted molar refractivity (Wildman–Crippen MR) is 92.5 cm³/mol. The molecule has 24 heavy (non-hydrogen) atoms. The van der Waals surface area contributed by atoms with Gasteiger partial charge in [-0.1, -0.05) is 11.8 Å². The number of hydrogen-bond acceptors (Lipinski definition) is 5. The lowest BCUT2D eigenvalue weighted by molar-refractivity contribution is -0.116. The molecule has 0 fully saturated rings. The molecule has 124 valence electrons. The molecule has 1 N–H and O–H groups in total. The minimum atomic E-state index is -0.138. The number of pyridine rings is 1. The first kappa shape index (κ1) is 15.4. The Hall–Kier alpha value is -2.15. The number of rotatable bonds is 3. The molecular formula is C17H18N4O2S. The summed E-state index contributed by atoms with van der Waals surface area (Å²) in [7, 11) is 0. The summed E-state index contributed by atoms with van der Waals surface area (Å²) >= 11 is 1.56.